The minimum Gasteiger partial charge on any atom is -0.391 e. The van der Waals surface area contributed by atoms with Crippen LogP contribution >= 0.6 is 0 Å². The first-order chi connectivity index (χ1) is 7.77. The van der Waals surface area contributed by atoms with E-state index in [0.29, 0.717) is 0 Å². The molecule has 3 atom stereocenters. The maximum absolute atomic E-state index is 12.0. The Kier molecular flexibility index (Phi) is 3.99. The van der Waals surface area contributed by atoms with Crippen molar-refractivity contribution >= 4 is 5.91 Å². The maximum Gasteiger partial charge on any atom is 0.223 e. The molecule has 0 spiro atoms. The van der Waals surface area contributed by atoms with Crippen LogP contribution in [0.25, 0.3) is 0 Å². The van der Waals surface area contributed by atoms with Crippen molar-refractivity contribution in [3.63, 3.8) is 0 Å². The summed E-state index contributed by atoms with van der Waals surface area (Å²) in [4.78, 5) is 12.0. The Morgan fingerprint density at radius 2 is 2.00 bits per heavy atom. The molecule has 0 aromatic heterocycles. The minimum absolute atomic E-state index is 0.00726. The largest absolute Gasteiger partial charge is 0.391 e. The second-order valence-electron chi connectivity index (χ2n) is 4.95. The van der Waals surface area contributed by atoms with E-state index in [9.17, 15) is 9.90 Å². The van der Waals surface area contributed by atoms with Crippen molar-refractivity contribution in [2.75, 3.05) is 0 Å². The molecule has 1 amide bonds. The highest BCUT2D eigenvalue weighted by Gasteiger charge is 2.27. The predicted molar refractivity (Wildman–Crippen MR) is 62.9 cm³/mol. The summed E-state index contributed by atoms with van der Waals surface area (Å²) < 4.78 is 0. The summed E-state index contributed by atoms with van der Waals surface area (Å²) in [7, 11) is 0. The molecule has 3 unspecified atom stereocenters. The molecule has 16 heavy (non-hydrogen) atoms. The number of carbonyl (C=O) groups is 1. The van der Waals surface area contributed by atoms with Crippen molar-refractivity contribution < 1.29 is 9.90 Å². The van der Waals surface area contributed by atoms with E-state index < -0.39 is 0 Å². The molecule has 0 bridgehead atoms. The molecular formula is C13H21NO2. The Bertz CT molecular complexity index is 275. The number of hydrogen-bond donors (Lipinski definition) is 2. The van der Waals surface area contributed by atoms with Gasteiger partial charge in [-0.15, -0.1) is 0 Å². The van der Waals surface area contributed by atoms with E-state index in [1.807, 2.05) is 0 Å². The smallest absolute Gasteiger partial charge is 0.223 e. The quantitative estimate of drug-likeness (QED) is 0.701. The second-order valence-corrected chi connectivity index (χ2v) is 4.95. The predicted octanol–water partition coefficient (Wildman–Crippen LogP) is 1.76. The van der Waals surface area contributed by atoms with E-state index in [0.717, 1.165) is 44.9 Å². The van der Waals surface area contributed by atoms with Crippen LogP contribution in [0.15, 0.2) is 12.2 Å². The molecule has 2 aliphatic rings. The van der Waals surface area contributed by atoms with Crippen LogP contribution in [0.2, 0.25) is 0 Å². The van der Waals surface area contributed by atoms with Gasteiger partial charge in [0.15, 0.2) is 0 Å². The molecule has 2 rings (SSSR count). The van der Waals surface area contributed by atoms with Gasteiger partial charge in [0.05, 0.1) is 12.1 Å². The topological polar surface area (TPSA) is 49.3 Å². The highest BCUT2D eigenvalue weighted by atomic mass is 16.3. The normalized spacial score (nSPS) is 34.7. The molecule has 2 aliphatic carbocycles. The minimum atomic E-state index is -0.336. The zero-order valence-electron chi connectivity index (χ0n) is 9.69. The molecule has 1 saturated carbocycles. The fourth-order valence-electron chi connectivity index (χ4n) is 2.61. The van der Waals surface area contributed by atoms with Gasteiger partial charge in [-0.05, 0) is 32.1 Å². The SMILES string of the molecule is O=C(NC1CCCCC1O)C1CC=CCC1. The maximum atomic E-state index is 12.0. The molecule has 2 N–H and O–H groups in total. The number of amides is 1. The van der Waals surface area contributed by atoms with Gasteiger partial charge in [0.1, 0.15) is 0 Å². The van der Waals surface area contributed by atoms with Gasteiger partial charge in [-0.25, -0.2) is 0 Å². The standard InChI is InChI=1S/C13H21NO2/c15-12-9-5-4-8-11(12)14-13(16)10-6-2-1-3-7-10/h1-2,10-12,15H,3-9H2,(H,14,16). The third-order valence-electron chi connectivity index (χ3n) is 3.70. The van der Waals surface area contributed by atoms with Crippen LogP contribution in [0, 0.1) is 5.92 Å². The fourth-order valence-corrected chi connectivity index (χ4v) is 2.61. The van der Waals surface area contributed by atoms with Crippen LogP contribution < -0.4 is 5.32 Å². The average molecular weight is 223 g/mol. The number of carbonyl (C=O) groups excluding carboxylic acids is 1. The van der Waals surface area contributed by atoms with E-state index in [-0.39, 0.29) is 24.0 Å². The Morgan fingerprint density at radius 1 is 1.19 bits per heavy atom. The molecular weight excluding hydrogens is 202 g/mol. The molecule has 3 nitrogen and oxygen atoms in total. The van der Waals surface area contributed by atoms with Crippen LogP contribution in [0.3, 0.4) is 0 Å². The van der Waals surface area contributed by atoms with E-state index in [2.05, 4.69) is 17.5 Å². The van der Waals surface area contributed by atoms with Crippen molar-refractivity contribution in [3.8, 4) is 0 Å². The number of allylic oxidation sites excluding steroid dienone is 2. The molecule has 0 radical (unpaired) electrons. The van der Waals surface area contributed by atoms with E-state index in [4.69, 9.17) is 0 Å². The van der Waals surface area contributed by atoms with E-state index in [1.54, 1.807) is 0 Å². The van der Waals surface area contributed by atoms with E-state index >= 15 is 0 Å². The van der Waals surface area contributed by atoms with Crippen molar-refractivity contribution in [2.24, 2.45) is 5.92 Å². The molecule has 0 aromatic rings. The summed E-state index contributed by atoms with van der Waals surface area (Å²) in [5, 5.41) is 12.8. The van der Waals surface area contributed by atoms with Crippen molar-refractivity contribution in [3.05, 3.63) is 12.2 Å². The number of nitrogens with one attached hydrogen (secondary N) is 1. The Balaban J connectivity index is 1.83. The number of aliphatic hydroxyl groups excluding tert-OH is 1. The van der Waals surface area contributed by atoms with Gasteiger partial charge in [0.2, 0.25) is 5.91 Å². The molecule has 3 heteroatoms. The Labute approximate surface area is 96.9 Å². The first kappa shape index (κ1) is 11.6. The lowest BCUT2D eigenvalue weighted by Crippen LogP contribution is -2.47. The van der Waals surface area contributed by atoms with Gasteiger partial charge in [-0.1, -0.05) is 25.0 Å². The van der Waals surface area contributed by atoms with Crippen LogP contribution in [0.5, 0.6) is 0 Å². The molecule has 0 heterocycles. The van der Waals surface area contributed by atoms with Gasteiger partial charge in [0, 0.05) is 5.92 Å². The highest BCUT2D eigenvalue weighted by molar-refractivity contribution is 5.79. The second kappa shape index (κ2) is 5.48. The summed E-state index contributed by atoms with van der Waals surface area (Å²) in [6.45, 7) is 0. The summed E-state index contributed by atoms with van der Waals surface area (Å²) in [5.41, 5.74) is 0. The number of hydrogen-bond acceptors (Lipinski definition) is 2. The molecule has 0 aliphatic heterocycles. The lowest BCUT2D eigenvalue weighted by atomic mass is 9.90. The Morgan fingerprint density at radius 3 is 2.69 bits per heavy atom. The third kappa shape index (κ3) is 2.85. The zero-order chi connectivity index (χ0) is 11.4. The van der Waals surface area contributed by atoms with Crippen molar-refractivity contribution in [2.45, 2.75) is 57.1 Å². The van der Waals surface area contributed by atoms with Crippen LogP contribution in [0.4, 0.5) is 0 Å². The van der Waals surface area contributed by atoms with Crippen molar-refractivity contribution in [1.29, 1.82) is 0 Å². The third-order valence-corrected chi connectivity index (χ3v) is 3.70. The summed E-state index contributed by atoms with van der Waals surface area (Å²) in [5.74, 6) is 0.259. The fraction of sp³-hybridized carbons (Fsp3) is 0.769. The monoisotopic (exact) mass is 223 g/mol. The first-order valence-corrected chi connectivity index (χ1v) is 6.41. The van der Waals surface area contributed by atoms with Crippen LogP contribution in [-0.2, 0) is 4.79 Å². The summed E-state index contributed by atoms with van der Waals surface area (Å²) >= 11 is 0. The lowest BCUT2D eigenvalue weighted by Gasteiger charge is -2.30. The molecule has 1 fully saturated rings. The Hall–Kier alpha value is -0.830. The van der Waals surface area contributed by atoms with Crippen LogP contribution in [-0.4, -0.2) is 23.2 Å². The first-order valence-electron chi connectivity index (χ1n) is 6.41. The average Bonchev–Trinajstić information content (AvgIpc) is 2.33. The molecule has 0 aromatic carbocycles. The molecule has 0 saturated heterocycles. The number of aliphatic hydroxyl groups is 1. The van der Waals surface area contributed by atoms with Crippen LogP contribution in [0.1, 0.15) is 44.9 Å². The van der Waals surface area contributed by atoms with Gasteiger partial charge in [-0.2, -0.15) is 0 Å². The van der Waals surface area contributed by atoms with Crippen molar-refractivity contribution in [1.82, 2.24) is 5.32 Å². The highest BCUT2D eigenvalue weighted by Crippen LogP contribution is 2.21. The van der Waals surface area contributed by atoms with Gasteiger partial charge in [0.25, 0.3) is 0 Å². The van der Waals surface area contributed by atoms with Gasteiger partial charge in [-0.3, -0.25) is 4.79 Å². The van der Waals surface area contributed by atoms with Gasteiger partial charge >= 0.3 is 0 Å². The molecule has 90 valence electrons. The summed E-state index contributed by atoms with van der Waals surface area (Å²) in [6, 6.07) is -0.00726. The summed E-state index contributed by atoms with van der Waals surface area (Å²) in [6.07, 6.45) is 10.7. The zero-order valence-corrected chi connectivity index (χ0v) is 9.69. The van der Waals surface area contributed by atoms with Gasteiger partial charge < -0.3 is 10.4 Å². The lowest BCUT2D eigenvalue weighted by molar-refractivity contribution is -0.127. The number of rotatable bonds is 2. The van der Waals surface area contributed by atoms with E-state index in [1.165, 1.54) is 0 Å².